The first-order chi connectivity index (χ1) is 20.0. The number of para-hydroxylation sites is 1. The van der Waals surface area contributed by atoms with Crippen molar-refractivity contribution in [1.82, 2.24) is 14.7 Å². The average molecular weight is 614 g/mol. The fourth-order valence-electron chi connectivity index (χ4n) is 4.69. The first-order valence-electron chi connectivity index (χ1n) is 13.9. The van der Waals surface area contributed by atoms with E-state index in [1.54, 1.807) is 12.0 Å². The molecular formula is C31H37F6N3O3. The summed E-state index contributed by atoms with van der Waals surface area (Å²) < 4.78 is 84.9. The van der Waals surface area contributed by atoms with E-state index < -0.39 is 35.0 Å². The molecule has 0 bridgehead atoms. The van der Waals surface area contributed by atoms with Crippen LogP contribution in [0, 0.1) is 5.41 Å². The largest absolute Gasteiger partial charge is 0.496 e. The van der Waals surface area contributed by atoms with E-state index in [1.807, 2.05) is 62.1 Å². The van der Waals surface area contributed by atoms with Crippen molar-refractivity contribution in [3.05, 3.63) is 70.8 Å². The second-order valence-electron chi connectivity index (χ2n) is 11.6. The van der Waals surface area contributed by atoms with Crippen LogP contribution in [-0.4, -0.2) is 79.4 Å². The molecule has 1 heterocycles. The number of carbonyl (C=O) groups excluding carboxylic acids is 2. The van der Waals surface area contributed by atoms with Crippen molar-refractivity contribution in [3.63, 3.8) is 0 Å². The second kappa shape index (κ2) is 13.8. The summed E-state index contributed by atoms with van der Waals surface area (Å²) in [6.45, 7) is 8.15. The Hall–Kier alpha value is -3.54. The summed E-state index contributed by atoms with van der Waals surface area (Å²) in [4.78, 5) is 31.1. The third-order valence-electron chi connectivity index (χ3n) is 6.98. The minimum atomic E-state index is -5.03. The Kier molecular flexibility index (Phi) is 10.9. The topological polar surface area (TPSA) is 53.1 Å². The predicted molar refractivity (Wildman–Crippen MR) is 151 cm³/mol. The maximum Gasteiger partial charge on any atom is 0.416 e. The van der Waals surface area contributed by atoms with E-state index in [0.717, 1.165) is 5.56 Å². The SMILES string of the molecule is COc1ccccc1/C=C/CN(CCN1CCN(C(=O)c2cc(C(F)(F)F)cc(C(F)(F)F)c2)CC1)C(=O)CC(C)(C)C. The van der Waals surface area contributed by atoms with Gasteiger partial charge in [0.05, 0.1) is 18.2 Å². The van der Waals surface area contributed by atoms with Gasteiger partial charge in [0.25, 0.3) is 5.91 Å². The average Bonchev–Trinajstić information content (AvgIpc) is 2.92. The van der Waals surface area contributed by atoms with Gasteiger partial charge in [0, 0.05) is 63.4 Å². The van der Waals surface area contributed by atoms with Gasteiger partial charge in [0.2, 0.25) is 5.91 Å². The summed E-state index contributed by atoms with van der Waals surface area (Å²) >= 11 is 0. The number of benzene rings is 2. The quantitative estimate of drug-likeness (QED) is 0.305. The number of alkyl halides is 6. The van der Waals surface area contributed by atoms with E-state index in [4.69, 9.17) is 4.74 Å². The molecule has 12 heteroatoms. The van der Waals surface area contributed by atoms with E-state index in [1.165, 1.54) is 4.90 Å². The van der Waals surface area contributed by atoms with Gasteiger partial charge < -0.3 is 14.5 Å². The summed E-state index contributed by atoms with van der Waals surface area (Å²) in [5.74, 6) is -0.200. The zero-order chi connectivity index (χ0) is 32.0. The molecule has 0 aliphatic carbocycles. The number of methoxy groups -OCH3 is 1. The minimum Gasteiger partial charge on any atom is -0.496 e. The van der Waals surface area contributed by atoms with Crippen molar-refractivity contribution in [2.75, 3.05) is 52.9 Å². The number of halogens is 6. The van der Waals surface area contributed by atoms with Crippen LogP contribution in [-0.2, 0) is 17.1 Å². The zero-order valence-electron chi connectivity index (χ0n) is 24.7. The molecule has 3 rings (SSSR count). The molecular weight excluding hydrogens is 576 g/mol. The highest BCUT2D eigenvalue weighted by molar-refractivity contribution is 5.94. The Balaban J connectivity index is 1.64. The van der Waals surface area contributed by atoms with E-state index in [0.29, 0.717) is 57.0 Å². The number of rotatable bonds is 9. The molecule has 6 nitrogen and oxygen atoms in total. The van der Waals surface area contributed by atoms with Crippen molar-refractivity contribution >= 4 is 17.9 Å². The fraction of sp³-hybridized carbons (Fsp3) is 0.484. The van der Waals surface area contributed by atoms with Gasteiger partial charge in [-0.2, -0.15) is 26.3 Å². The molecule has 0 radical (unpaired) electrons. The highest BCUT2D eigenvalue weighted by atomic mass is 19.4. The van der Waals surface area contributed by atoms with Crippen molar-refractivity contribution in [2.45, 2.75) is 39.5 Å². The molecule has 1 aliphatic heterocycles. The Morgan fingerprint density at radius 2 is 1.49 bits per heavy atom. The first-order valence-corrected chi connectivity index (χ1v) is 13.9. The lowest BCUT2D eigenvalue weighted by Crippen LogP contribution is -2.50. The fourth-order valence-corrected chi connectivity index (χ4v) is 4.69. The molecule has 0 spiro atoms. The molecule has 2 aromatic rings. The first kappa shape index (κ1) is 34.0. The number of carbonyl (C=O) groups is 2. The second-order valence-corrected chi connectivity index (χ2v) is 11.6. The molecule has 0 aromatic heterocycles. The van der Waals surface area contributed by atoms with Gasteiger partial charge in [-0.05, 0) is 29.7 Å². The number of ether oxygens (including phenoxy) is 1. The van der Waals surface area contributed by atoms with Gasteiger partial charge in [-0.3, -0.25) is 14.5 Å². The molecule has 1 saturated heterocycles. The third kappa shape index (κ3) is 10.0. The lowest BCUT2D eigenvalue weighted by atomic mass is 9.91. The van der Waals surface area contributed by atoms with E-state index in [-0.39, 0.29) is 30.5 Å². The van der Waals surface area contributed by atoms with Gasteiger partial charge >= 0.3 is 12.4 Å². The summed E-state index contributed by atoms with van der Waals surface area (Å²) in [6, 6.07) is 8.42. The van der Waals surface area contributed by atoms with Crippen LogP contribution in [0.2, 0.25) is 0 Å². The Morgan fingerprint density at radius 3 is 2.02 bits per heavy atom. The Bertz CT molecular complexity index is 1260. The summed E-state index contributed by atoms with van der Waals surface area (Å²) in [5, 5.41) is 0. The molecule has 43 heavy (non-hydrogen) atoms. The maximum absolute atomic E-state index is 13.3. The molecule has 0 N–H and O–H groups in total. The van der Waals surface area contributed by atoms with Crippen LogP contribution in [0.5, 0.6) is 5.75 Å². The third-order valence-corrected chi connectivity index (χ3v) is 6.98. The van der Waals surface area contributed by atoms with Gasteiger partial charge in [-0.15, -0.1) is 0 Å². The van der Waals surface area contributed by atoms with E-state index in [9.17, 15) is 35.9 Å². The van der Waals surface area contributed by atoms with E-state index in [2.05, 4.69) is 0 Å². The number of hydrogen-bond donors (Lipinski definition) is 0. The van der Waals surface area contributed by atoms with E-state index >= 15 is 0 Å². The van der Waals surface area contributed by atoms with Crippen LogP contribution in [0.4, 0.5) is 26.3 Å². The summed E-state index contributed by atoms with van der Waals surface area (Å²) in [5.41, 5.74) is -3.05. The van der Waals surface area contributed by atoms with Crippen molar-refractivity contribution < 1.29 is 40.7 Å². The molecule has 2 aromatic carbocycles. The van der Waals surface area contributed by atoms with Crippen LogP contribution in [0.15, 0.2) is 48.5 Å². The zero-order valence-corrected chi connectivity index (χ0v) is 24.7. The van der Waals surface area contributed by atoms with Crippen molar-refractivity contribution in [3.8, 4) is 5.75 Å². The molecule has 236 valence electrons. The Labute approximate surface area is 247 Å². The number of piperazine rings is 1. The van der Waals surface area contributed by atoms with Crippen LogP contribution in [0.1, 0.15) is 54.2 Å². The molecule has 0 atom stereocenters. The molecule has 1 aliphatic rings. The molecule has 1 fully saturated rings. The van der Waals surface area contributed by atoms with Crippen LogP contribution in [0.25, 0.3) is 6.08 Å². The molecule has 0 unspecified atom stereocenters. The molecule has 2 amide bonds. The number of nitrogens with zero attached hydrogens (tertiary/aromatic N) is 3. The minimum absolute atomic E-state index is 0.00691. The maximum atomic E-state index is 13.3. The van der Waals surface area contributed by atoms with Gasteiger partial charge in [-0.25, -0.2) is 0 Å². The monoisotopic (exact) mass is 613 g/mol. The predicted octanol–water partition coefficient (Wildman–Crippen LogP) is 6.47. The normalized spacial score (nSPS) is 15.2. The van der Waals surface area contributed by atoms with Crippen LogP contribution < -0.4 is 4.74 Å². The van der Waals surface area contributed by atoms with Crippen molar-refractivity contribution in [2.24, 2.45) is 5.41 Å². The highest BCUT2D eigenvalue weighted by Crippen LogP contribution is 2.36. The lowest BCUT2D eigenvalue weighted by molar-refractivity contribution is -0.143. The standard InChI is InChI=1S/C31H37F6N3O3/c1-29(2,3)21-27(41)39(11-7-9-22-8-5-6-10-26(22)43-4)15-12-38-13-16-40(17-14-38)28(42)23-18-24(30(32,33)34)20-25(19-23)31(35,36)37/h5-10,18-20H,11-17,21H2,1-4H3/b9-7+. The van der Waals surface area contributed by atoms with Crippen molar-refractivity contribution in [1.29, 1.82) is 0 Å². The van der Waals surface area contributed by atoms with Gasteiger partial charge in [0.1, 0.15) is 5.75 Å². The number of amides is 2. The summed E-state index contributed by atoms with van der Waals surface area (Å²) in [6.07, 6.45) is -5.95. The smallest absolute Gasteiger partial charge is 0.416 e. The number of hydrogen-bond acceptors (Lipinski definition) is 4. The van der Waals surface area contributed by atoms with Crippen LogP contribution >= 0.6 is 0 Å². The van der Waals surface area contributed by atoms with Gasteiger partial charge in [0.15, 0.2) is 0 Å². The summed E-state index contributed by atoms with van der Waals surface area (Å²) in [7, 11) is 1.58. The highest BCUT2D eigenvalue weighted by Gasteiger charge is 2.38. The Morgan fingerprint density at radius 1 is 0.907 bits per heavy atom. The van der Waals surface area contributed by atoms with Gasteiger partial charge in [-0.1, -0.05) is 51.1 Å². The van der Waals surface area contributed by atoms with Crippen LogP contribution in [0.3, 0.4) is 0 Å². The molecule has 0 saturated carbocycles. The lowest BCUT2D eigenvalue weighted by Gasteiger charge is -2.36.